The maximum absolute atomic E-state index is 13.2. The monoisotopic (exact) mass is 629 g/mol. The van der Waals surface area contributed by atoms with Crippen molar-refractivity contribution in [1.82, 2.24) is 25.1 Å². The van der Waals surface area contributed by atoms with Gasteiger partial charge >= 0.3 is 6.03 Å². The number of aromatic nitrogens is 4. The first-order valence-corrected chi connectivity index (χ1v) is 15.9. The predicted molar refractivity (Wildman–Crippen MR) is 191 cm³/mol. The molecule has 0 saturated heterocycles. The first-order chi connectivity index (χ1) is 23.6. The molecule has 0 aliphatic heterocycles. The third-order valence-corrected chi connectivity index (χ3v) is 8.53. The van der Waals surface area contributed by atoms with Gasteiger partial charge in [-0.3, -0.25) is 10.3 Å². The van der Waals surface area contributed by atoms with Crippen molar-refractivity contribution >= 4 is 28.6 Å². The lowest BCUT2D eigenvalue weighted by molar-refractivity contribution is 0.249. The van der Waals surface area contributed by atoms with E-state index in [0.717, 1.165) is 38.7 Å². The maximum atomic E-state index is 13.2. The lowest BCUT2D eigenvalue weighted by Crippen LogP contribution is -2.38. The molecular formula is C40H35N7O. The molecule has 8 heteroatoms. The number of anilines is 2. The summed E-state index contributed by atoms with van der Waals surface area (Å²) >= 11 is 0. The fourth-order valence-corrected chi connectivity index (χ4v) is 6.23. The number of nitrogens with one attached hydrogen (secondary N) is 3. The van der Waals surface area contributed by atoms with E-state index in [2.05, 4.69) is 103 Å². The van der Waals surface area contributed by atoms with Crippen LogP contribution in [-0.2, 0) is 12.1 Å². The van der Waals surface area contributed by atoms with Crippen LogP contribution in [0, 0.1) is 0 Å². The highest BCUT2D eigenvalue weighted by Gasteiger charge is 2.41. The van der Waals surface area contributed by atoms with E-state index >= 15 is 0 Å². The topological polar surface area (TPSA) is 96.8 Å². The number of nitrogens with zero attached hydrogens (tertiary/aromatic N) is 4. The highest BCUT2D eigenvalue weighted by Crippen LogP contribution is 2.43. The Balaban J connectivity index is 1.39. The molecule has 0 saturated carbocycles. The van der Waals surface area contributed by atoms with Gasteiger partial charge in [0.2, 0.25) is 0 Å². The van der Waals surface area contributed by atoms with Crippen LogP contribution in [0.2, 0.25) is 0 Å². The van der Waals surface area contributed by atoms with Crippen LogP contribution >= 0.6 is 0 Å². The number of carbonyl (C=O) groups is 1. The van der Waals surface area contributed by atoms with E-state index in [0.29, 0.717) is 18.2 Å². The van der Waals surface area contributed by atoms with Crippen LogP contribution in [0.3, 0.4) is 0 Å². The summed E-state index contributed by atoms with van der Waals surface area (Å²) in [5, 5.41) is 15.7. The molecule has 0 radical (unpaired) electrons. The SMILES string of the molecule is C[C@@H](NC(=O)Nc1cc2c(cn1)c(NCc1cccnc1)nn2C(c1ccccc1)(c1ccccc1)c1ccccc1)c1ccccc1. The fraction of sp³-hybridized carbons (Fsp3) is 0.100. The molecule has 0 bridgehead atoms. The second-order valence-corrected chi connectivity index (χ2v) is 11.6. The van der Waals surface area contributed by atoms with Crippen LogP contribution in [0.5, 0.6) is 0 Å². The molecule has 7 aromatic rings. The molecule has 7 rings (SSSR count). The number of urea groups is 1. The van der Waals surface area contributed by atoms with Gasteiger partial charge in [0.05, 0.1) is 16.9 Å². The van der Waals surface area contributed by atoms with Crippen LogP contribution in [0.15, 0.2) is 158 Å². The van der Waals surface area contributed by atoms with Crippen molar-refractivity contribution in [1.29, 1.82) is 0 Å². The number of benzene rings is 4. The summed E-state index contributed by atoms with van der Waals surface area (Å²) in [6.07, 6.45) is 5.37. The highest BCUT2D eigenvalue weighted by molar-refractivity contribution is 5.95. The second kappa shape index (κ2) is 13.6. The summed E-state index contributed by atoms with van der Waals surface area (Å²) in [5.74, 6) is 1.07. The predicted octanol–water partition coefficient (Wildman–Crippen LogP) is 8.16. The second-order valence-electron chi connectivity index (χ2n) is 11.6. The van der Waals surface area contributed by atoms with Gasteiger partial charge in [-0.05, 0) is 40.8 Å². The van der Waals surface area contributed by atoms with Crippen molar-refractivity contribution in [2.24, 2.45) is 0 Å². The Morgan fingerprint density at radius 3 is 1.90 bits per heavy atom. The molecule has 48 heavy (non-hydrogen) atoms. The normalized spacial score (nSPS) is 11.9. The van der Waals surface area contributed by atoms with Crippen molar-refractivity contribution in [2.75, 3.05) is 10.6 Å². The largest absolute Gasteiger partial charge is 0.364 e. The summed E-state index contributed by atoms with van der Waals surface area (Å²) in [6, 6.07) is 46.3. The van der Waals surface area contributed by atoms with E-state index in [1.807, 2.05) is 79.9 Å². The molecule has 0 fully saturated rings. The van der Waals surface area contributed by atoms with Gasteiger partial charge in [0.25, 0.3) is 0 Å². The van der Waals surface area contributed by atoms with Gasteiger partial charge in [0, 0.05) is 31.2 Å². The Bertz CT molecular complexity index is 2010. The Labute approximate surface area is 279 Å². The van der Waals surface area contributed by atoms with Crippen molar-refractivity contribution in [2.45, 2.75) is 25.0 Å². The Kier molecular flexibility index (Phi) is 8.61. The smallest absolute Gasteiger partial charge is 0.320 e. The Morgan fingerprint density at radius 1 is 0.750 bits per heavy atom. The summed E-state index contributed by atoms with van der Waals surface area (Å²) in [6.45, 7) is 2.48. The molecule has 3 N–H and O–H groups in total. The zero-order valence-corrected chi connectivity index (χ0v) is 26.5. The summed E-state index contributed by atoms with van der Waals surface area (Å²) in [7, 11) is 0. The van der Waals surface area contributed by atoms with E-state index in [-0.39, 0.29) is 12.1 Å². The number of fused-ring (bicyclic) bond motifs is 1. The number of pyridine rings is 2. The van der Waals surface area contributed by atoms with Gasteiger partial charge in [-0.2, -0.15) is 5.10 Å². The van der Waals surface area contributed by atoms with Gasteiger partial charge in [0.15, 0.2) is 5.82 Å². The zero-order valence-electron chi connectivity index (χ0n) is 26.5. The molecule has 4 aromatic carbocycles. The average Bonchev–Trinajstić information content (AvgIpc) is 3.51. The van der Waals surface area contributed by atoms with Gasteiger partial charge in [-0.15, -0.1) is 0 Å². The number of hydrogen-bond acceptors (Lipinski definition) is 5. The van der Waals surface area contributed by atoms with Crippen LogP contribution < -0.4 is 16.0 Å². The minimum Gasteiger partial charge on any atom is -0.364 e. The highest BCUT2D eigenvalue weighted by atomic mass is 16.2. The van der Waals surface area contributed by atoms with Crippen LogP contribution in [0.4, 0.5) is 16.4 Å². The van der Waals surface area contributed by atoms with E-state index in [1.54, 1.807) is 12.4 Å². The molecule has 1 atom stereocenters. The van der Waals surface area contributed by atoms with E-state index in [9.17, 15) is 4.79 Å². The molecule has 236 valence electrons. The van der Waals surface area contributed by atoms with Gasteiger partial charge in [-0.1, -0.05) is 127 Å². The van der Waals surface area contributed by atoms with Crippen molar-refractivity contribution in [3.8, 4) is 0 Å². The molecular weight excluding hydrogens is 594 g/mol. The van der Waals surface area contributed by atoms with Crippen LogP contribution in [0.25, 0.3) is 10.9 Å². The molecule has 0 unspecified atom stereocenters. The molecule has 2 amide bonds. The number of carbonyl (C=O) groups excluding carboxylic acids is 1. The molecule has 8 nitrogen and oxygen atoms in total. The van der Waals surface area contributed by atoms with Gasteiger partial charge < -0.3 is 10.6 Å². The van der Waals surface area contributed by atoms with Crippen molar-refractivity contribution < 1.29 is 4.79 Å². The summed E-state index contributed by atoms with van der Waals surface area (Å²) in [4.78, 5) is 22.2. The standard InChI is InChI=1S/C40H35N7O/c1-29(31-16-6-2-7-17-31)44-39(48)45-37-25-36-35(28-42-37)38(43-27-30-15-14-24-41-26-30)46-47(36)40(32-18-8-3-9-19-32,33-20-10-4-11-21-33)34-22-12-5-13-23-34/h2-26,28-29H,27H2,1H3,(H,43,46)(H2,42,44,45,48)/t29-/m1/s1. The number of hydrogen-bond donors (Lipinski definition) is 3. The van der Waals surface area contributed by atoms with Gasteiger partial charge in [-0.25, -0.2) is 14.5 Å². The van der Waals surface area contributed by atoms with E-state index in [4.69, 9.17) is 5.10 Å². The molecule has 0 aliphatic carbocycles. The maximum Gasteiger partial charge on any atom is 0.320 e. The minimum atomic E-state index is -0.876. The lowest BCUT2D eigenvalue weighted by Gasteiger charge is -2.37. The molecule has 3 aromatic heterocycles. The first kappa shape index (κ1) is 30.4. The number of rotatable bonds is 10. The summed E-state index contributed by atoms with van der Waals surface area (Å²) in [5.41, 5.74) is 5.05. The van der Waals surface area contributed by atoms with Gasteiger partial charge in [0.1, 0.15) is 11.4 Å². The Hall–Kier alpha value is -6.28. The molecule has 0 spiro atoms. The van der Waals surface area contributed by atoms with E-state index < -0.39 is 5.54 Å². The third-order valence-electron chi connectivity index (χ3n) is 8.53. The lowest BCUT2D eigenvalue weighted by atomic mass is 9.77. The minimum absolute atomic E-state index is 0.189. The van der Waals surface area contributed by atoms with Crippen LogP contribution in [0.1, 0.15) is 40.8 Å². The summed E-state index contributed by atoms with van der Waals surface area (Å²) < 4.78 is 2.06. The van der Waals surface area contributed by atoms with E-state index in [1.165, 1.54) is 0 Å². The fourth-order valence-electron chi connectivity index (χ4n) is 6.23. The Morgan fingerprint density at radius 2 is 1.33 bits per heavy atom. The van der Waals surface area contributed by atoms with Crippen molar-refractivity contribution in [3.05, 3.63) is 186 Å². The third kappa shape index (κ3) is 5.99. The zero-order chi connectivity index (χ0) is 32.8. The quantitative estimate of drug-likeness (QED) is 0.133. The van der Waals surface area contributed by atoms with Crippen molar-refractivity contribution in [3.63, 3.8) is 0 Å². The molecule has 0 aliphatic rings. The first-order valence-electron chi connectivity index (χ1n) is 15.9. The number of amides is 2. The average molecular weight is 630 g/mol. The van der Waals surface area contributed by atoms with Crippen LogP contribution in [-0.4, -0.2) is 25.8 Å². The molecule has 3 heterocycles.